The van der Waals surface area contributed by atoms with Gasteiger partial charge in [0.15, 0.2) is 0 Å². The van der Waals surface area contributed by atoms with Gasteiger partial charge in [-0.25, -0.2) is 9.18 Å². The van der Waals surface area contributed by atoms with E-state index in [1.165, 1.54) is 24.3 Å². The van der Waals surface area contributed by atoms with Gasteiger partial charge in [0.1, 0.15) is 11.9 Å². The number of carboxylic acid groups (broad SMARTS) is 1. The molecule has 0 radical (unpaired) electrons. The van der Waals surface area contributed by atoms with Crippen LogP contribution in [0.25, 0.3) is 0 Å². The molecule has 0 aromatic heterocycles. The lowest BCUT2D eigenvalue weighted by Crippen LogP contribution is -2.41. The van der Waals surface area contributed by atoms with Gasteiger partial charge in [0.25, 0.3) is 0 Å². The molecule has 0 unspecified atom stereocenters. The van der Waals surface area contributed by atoms with E-state index in [2.05, 4.69) is 5.32 Å². The minimum Gasteiger partial charge on any atom is -0.480 e. The zero-order valence-corrected chi connectivity index (χ0v) is 13.2. The highest BCUT2D eigenvalue weighted by Gasteiger charge is 2.19. The summed E-state index contributed by atoms with van der Waals surface area (Å²) in [6.07, 6.45) is 1.82. The second kappa shape index (κ2) is 8.82. The van der Waals surface area contributed by atoms with E-state index in [-0.39, 0.29) is 18.1 Å². The van der Waals surface area contributed by atoms with Crippen molar-refractivity contribution in [1.29, 1.82) is 0 Å². The van der Waals surface area contributed by atoms with Crippen molar-refractivity contribution < 1.29 is 19.1 Å². The van der Waals surface area contributed by atoms with Crippen LogP contribution < -0.4 is 5.32 Å². The van der Waals surface area contributed by atoms with E-state index < -0.39 is 12.0 Å². The number of hydrogen-bond donors (Lipinski definition) is 2. The summed E-state index contributed by atoms with van der Waals surface area (Å²) in [4.78, 5) is 23.3. The average Bonchev–Trinajstić information content (AvgIpc) is 2.57. The molecule has 1 atom stereocenters. The van der Waals surface area contributed by atoms with Gasteiger partial charge in [-0.15, -0.1) is 0 Å². The summed E-state index contributed by atoms with van der Waals surface area (Å²) in [6.45, 7) is 0. The number of aliphatic carboxylic acids is 1. The number of carbonyl (C=O) groups excluding carboxylic acids is 1. The molecule has 0 aliphatic rings. The lowest BCUT2D eigenvalue weighted by atomic mass is 10.0. The van der Waals surface area contributed by atoms with Crippen LogP contribution in [0.3, 0.4) is 0 Å². The minimum absolute atomic E-state index is 0.0305. The zero-order valence-electron chi connectivity index (χ0n) is 13.2. The van der Waals surface area contributed by atoms with Gasteiger partial charge in [-0.2, -0.15) is 0 Å². The van der Waals surface area contributed by atoms with E-state index in [9.17, 15) is 19.1 Å². The summed E-state index contributed by atoms with van der Waals surface area (Å²) >= 11 is 0. The fourth-order valence-corrected chi connectivity index (χ4v) is 2.45. The summed E-state index contributed by atoms with van der Waals surface area (Å²) in [5, 5.41) is 11.8. The van der Waals surface area contributed by atoms with Crippen LogP contribution in [0.5, 0.6) is 0 Å². The number of amides is 1. The first-order valence-corrected chi connectivity index (χ1v) is 7.85. The molecule has 1 amide bonds. The molecule has 2 rings (SSSR count). The smallest absolute Gasteiger partial charge is 0.326 e. The van der Waals surface area contributed by atoms with E-state index in [1.54, 1.807) is 0 Å². The van der Waals surface area contributed by atoms with Crippen LogP contribution in [0.1, 0.15) is 24.0 Å². The molecule has 2 aromatic rings. The molecule has 2 aromatic carbocycles. The SMILES string of the molecule is O=C(Cc1ccc(F)cc1)N[C@H](CCCc1ccccc1)C(=O)O. The molecule has 0 heterocycles. The third-order valence-electron chi connectivity index (χ3n) is 3.71. The predicted octanol–water partition coefficient (Wildman–Crippen LogP) is 2.96. The highest BCUT2D eigenvalue weighted by Crippen LogP contribution is 2.08. The largest absolute Gasteiger partial charge is 0.480 e. The van der Waals surface area contributed by atoms with E-state index in [0.29, 0.717) is 18.4 Å². The molecule has 0 bridgehead atoms. The molecule has 0 aliphatic carbocycles. The first-order valence-electron chi connectivity index (χ1n) is 7.85. The van der Waals surface area contributed by atoms with Crippen LogP contribution in [-0.2, 0) is 22.4 Å². The number of aryl methyl sites for hydroxylation is 1. The Morgan fingerprint density at radius 2 is 1.67 bits per heavy atom. The third-order valence-corrected chi connectivity index (χ3v) is 3.71. The first-order chi connectivity index (χ1) is 11.5. The predicted molar refractivity (Wildman–Crippen MR) is 89.1 cm³/mol. The second-order valence-electron chi connectivity index (χ2n) is 5.64. The van der Waals surface area contributed by atoms with Crippen molar-refractivity contribution >= 4 is 11.9 Å². The normalized spacial score (nSPS) is 11.7. The standard InChI is InChI=1S/C19H20FNO3/c20-16-11-9-15(10-12-16)13-18(22)21-17(19(23)24)8-4-7-14-5-2-1-3-6-14/h1-3,5-6,9-12,17H,4,7-8,13H2,(H,21,22)(H,23,24)/t17-/m1/s1. The van der Waals surface area contributed by atoms with Crippen molar-refractivity contribution in [3.63, 3.8) is 0 Å². The van der Waals surface area contributed by atoms with Crippen molar-refractivity contribution in [1.82, 2.24) is 5.32 Å². The van der Waals surface area contributed by atoms with Crippen LogP contribution in [0, 0.1) is 5.82 Å². The Hall–Kier alpha value is -2.69. The van der Waals surface area contributed by atoms with Gasteiger partial charge >= 0.3 is 5.97 Å². The van der Waals surface area contributed by atoms with Crippen LogP contribution in [0.2, 0.25) is 0 Å². The van der Waals surface area contributed by atoms with Gasteiger partial charge in [0.05, 0.1) is 6.42 Å². The number of benzene rings is 2. The van der Waals surface area contributed by atoms with Crippen LogP contribution in [0.4, 0.5) is 4.39 Å². The number of carbonyl (C=O) groups is 2. The van der Waals surface area contributed by atoms with Gasteiger partial charge in [0, 0.05) is 0 Å². The van der Waals surface area contributed by atoms with Gasteiger partial charge in [-0.1, -0.05) is 42.5 Å². The minimum atomic E-state index is -1.05. The van der Waals surface area contributed by atoms with Crippen LogP contribution in [-0.4, -0.2) is 23.0 Å². The number of carboxylic acids is 1. The van der Waals surface area contributed by atoms with Crippen LogP contribution >= 0.6 is 0 Å². The van der Waals surface area contributed by atoms with E-state index in [1.807, 2.05) is 30.3 Å². The topological polar surface area (TPSA) is 66.4 Å². The Morgan fingerprint density at radius 3 is 2.29 bits per heavy atom. The Balaban J connectivity index is 1.82. The maximum Gasteiger partial charge on any atom is 0.326 e. The molecule has 24 heavy (non-hydrogen) atoms. The monoisotopic (exact) mass is 329 g/mol. The fourth-order valence-electron chi connectivity index (χ4n) is 2.45. The molecule has 0 aliphatic heterocycles. The maximum atomic E-state index is 12.8. The molecule has 4 nitrogen and oxygen atoms in total. The lowest BCUT2D eigenvalue weighted by Gasteiger charge is -2.14. The molecule has 0 saturated carbocycles. The van der Waals surface area contributed by atoms with Gasteiger partial charge in [-0.3, -0.25) is 4.79 Å². The van der Waals surface area contributed by atoms with Crippen molar-refractivity contribution in [2.45, 2.75) is 31.7 Å². The molecule has 126 valence electrons. The van der Waals surface area contributed by atoms with Gasteiger partial charge < -0.3 is 10.4 Å². The maximum absolute atomic E-state index is 12.8. The zero-order chi connectivity index (χ0) is 17.4. The number of halogens is 1. The third kappa shape index (κ3) is 5.83. The van der Waals surface area contributed by atoms with E-state index in [0.717, 1.165) is 12.0 Å². The number of nitrogens with one attached hydrogen (secondary N) is 1. The molecular weight excluding hydrogens is 309 g/mol. The van der Waals surface area contributed by atoms with Gasteiger partial charge in [-0.05, 0) is 42.5 Å². The van der Waals surface area contributed by atoms with Crippen molar-refractivity contribution in [3.05, 3.63) is 71.5 Å². The van der Waals surface area contributed by atoms with Gasteiger partial charge in [0.2, 0.25) is 5.91 Å². The molecule has 0 saturated heterocycles. The Bertz CT molecular complexity index is 671. The summed E-state index contributed by atoms with van der Waals surface area (Å²) in [7, 11) is 0. The molecule has 5 heteroatoms. The fraction of sp³-hybridized carbons (Fsp3) is 0.263. The Labute approximate surface area is 140 Å². The molecular formula is C19H20FNO3. The summed E-state index contributed by atoms with van der Waals surface area (Å²) in [5.74, 6) is -1.80. The van der Waals surface area contributed by atoms with Crippen molar-refractivity contribution in [3.8, 4) is 0 Å². The lowest BCUT2D eigenvalue weighted by molar-refractivity contribution is -0.141. The summed E-state index contributed by atoms with van der Waals surface area (Å²) in [6, 6.07) is 14.4. The second-order valence-corrected chi connectivity index (χ2v) is 5.64. The molecule has 0 fully saturated rings. The molecule has 2 N–H and O–H groups in total. The summed E-state index contributed by atoms with van der Waals surface area (Å²) < 4.78 is 12.8. The molecule has 0 spiro atoms. The van der Waals surface area contributed by atoms with Crippen molar-refractivity contribution in [2.75, 3.05) is 0 Å². The van der Waals surface area contributed by atoms with Crippen molar-refractivity contribution in [2.24, 2.45) is 0 Å². The highest BCUT2D eigenvalue weighted by molar-refractivity contribution is 5.84. The average molecular weight is 329 g/mol. The number of rotatable bonds is 8. The Kier molecular flexibility index (Phi) is 6.49. The van der Waals surface area contributed by atoms with E-state index in [4.69, 9.17) is 0 Å². The quantitative estimate of drug-likeness (QED) is 0.782. The van der Waals surface area contributed by atoms with Crippen LogP contribution in [0.15, 0.2) is 54.6 Å². The highest BCUT2D eigenvalue weighted by atomic mass is 19.1. The van der Waals surface area contributed by atoms with E-state index >= 15 is 0 Å². The summed E-state index contributed by atoms with van der Waals surface area (Å²) in [5.41, 5.74) is 1.78. The Morgan fingerprint density at radius 1 is 1.00 bits per heavy atom. The number of hydrogen-bond acceptors (Lipinski definition) is 2. The first kappa shape index (κ1) is 17.7.